The van der Waals surface area contributed by atoms with Crippen molar-refractivity contribution in [1.29, 1.82) is 0 Å². The number of aromatic nitrogens is 1. The zero-order valence-corrected chi connectivity index (χ0v) is 15.9. The van der Waals surface area contributed by atoms with Gasteiger partial charge >= 0.3 is 0 Å². The second-order valence-corrected chi connectivity index (χ2v) is 8.61. The molecule has 1 N–H and O–H groups in total. The van der Waals surface area contributed by atoms with Crippen LogP contribution in [0.5, 0.6) is 0 Å². The quantitative estimate of drug-likeness (QED) is 0.573. The van der Waals surface area contributed by atoms with Crippen molar-refractivity contribution in [1.82, 2.24) is 10.3 Å². The van der Waals surface area contributed by atoms with Crippen LogP contribution in [0.3, 0.4) is 0 Å². The molecule has 3 nitrogen and oxygen atoms in total. The monoisotopic (exact) mass is 394 g/mol. The van der Waals surface area contributed by atoms with Crippen molar-refractivity contribution in [3.05, 3.63) is 68.3 Å². The van der Waals surface area contributed by atoms with E-state index >= 15 is 0 Å². The number of thioether (sulfide) groups is 1. The summed E-state index contributed by atoms with van der Waals surface area (Å²) < 4.78 is 0.969. The van der Waals surface area contributed by atoms with E-state index in [4.69, 9.17) is 11.6 Å². The summed E-state index contributed by atoms with van der Waals surface area (Å²) in [6.07, 6.45) is 0.319. The van der Waals surface area contributed by atoms with Crippen LogP contribution in [-0.4, -0.2) is 10.9 Å². The van der Waals surface area contributed by atoms with E-state index in [1.807, 2.05) is 47.2 Å². The second kappa shape index (κ2) is 8.67. The molecule has 0 fully saturated rings. The summed E-state index contributed by atoms with van der Waals surface area (Å²) in [7, 11) is 0. The van der Waals surface area contributed by atoms with Crippen LogP contribution in [0.4, 0.5) is 0 Å². The summed E-state index contributed by atoms with van der Waals surface area (Å²) >= 11 is 10.9. The lowest BCUT2D eigenvalue weighted by Crippen LogP contribution is -2.24. The summed E-state index contributed by atoms with van der Waals surface area (Å²) in [6, 6.07) is 11.8. The fourth-order valence-corrected chi connectivity index (χ4v) is 4.68. The van der Waals surface area contributed by atoms with E-state index in [0.717, 1.165) is 31.2 Å². The van der Waals surface area contributed by atoms with Crippen molar-refractivity contribution < 1.29 is 4.79 Å². The molecule has 2 aromatic heterocycles. The molecule has 0 saturated carbocycles. The highest BCUT2D eigenvalue weighted by Crippen LogP contribution is 2.27. The number of hydrogen-bond donors (Lipinski definition) is 1. The molecule has 3 rings (SSSR count). The molecule has 1 amide bonds. The molecular weight excluding hydrogens is 380 g/mol. The lowest BCUT2D eigenvalue weighted by molar-refractivity contribution is -0.120. The Morgan fingerprint density at radius 3 is 2.96 bits per heavy atom. The lowest BCUT2D eigenvalue weighted by atomic mass is 10.2. The third-order valence-electron chi connectivity index (χ3n) is 3.16. The average molecular weight is 395 g/mol. The van der Waals surface area contributed by atoms with Crippen LogP contribution in [0.15, 0.2) is 51.5 Å². The van der Waals surface area contributed by atoms with E-state index in [9.17, 15) is 4.79 Å². The van der Waals surface area contributed by atoms with Crippen molar-refractivity contribution in [3.63, 3.8) is 0 Å². The first-order chi connectivity index (χ1) is 11.7. The minimum atomic E-state index is 0.0000844. The normalized spacial score (nSPS) is 10.7. The SMILES string of the molecule is O=C(Cc1csc(SCc2cccc(Cl)c2)n1)NCc1cccs1. The number of nitrogens with one attached hydrogen (secondary N) is 1. The maximum atomic E-state index is 12.0. The Hall–Kier alpha value is -1.34. The third-order valence-corrected chi connectivity index (χ3v) is 6.42. The Morgan fingerprint density at radius 2 is 2.17 bits per heavy atom. The van der Waals surface area contributed by atoms with E-state index < -0.39 is 0 Å². The van der Waals surface area contributed by atoms with Gasteiger partial charge in [0.05, 0.1) is 18.7 Å². The molecule has 2 heterocycles. The Bertz CT molecular complexity index is 802. The summed E-state index contributed by atoms with van der Waals surface area (Å²) in [5, 5.41) is 7.62. The number of nitrogens with zero attached hydrogens (tertiary/aromatic N) is 1. The van der Waals surface area contributed by atoms with Crippen LogP contribution in [-0.2, 0) is 23.5 Å². The highest BCUT2D eigenvalue weighted by molar-refractivity contribution is 8.00. The number of rotatable bonds is 7. The number of carbonyl (C=O) groups is 1. The molecule has 0 aliphatic rings. The molecule has 0 aliphatic carbocycles. The van der Waals surface area contributed by atoms with Crippen molar-refractivity contribution in [2.24, 2.45) is 0 Å². The van der Waals surface area contributed by atoms with Crippen LogP contribution in [0, 0.1) is 0 Å². The molecule has 0 bridgehead atoms. The van der Waals surface area contributed by atoms with E-state index in [1.54, 1.807) is 34.4 Å². The molecule has 0 atom stereocenters. The van der Waals surface area contributed by atoms with Crippen LogP contribution < -0.4 is 5.32 Å². The molecule has 7 heteroatoms. The molecule has 3 aromatic rings. The maximum absolute atomic E-state index is 12.0. The number of thiophene rings is 1. The zero-order valence-electron chi connectivity index (χ0n) is 12.7. The Kier molecular flexibility index (Phi) is 6.31. The Labute approximate surface area is 158 Å². The van der Waals surface area contributed by atoms with Crippen molar-refractivity contribution in [2.45, 2.75) is 23.1 Å². The Balaban J connectivity index is 1.47. The number of carbonyl (C=O) groups excluding carboxylic acids is 1. The standard InChI is InChI=1S/C17H15ClN2OS3/c18-13-4-1-3-12(7-13)10-23-17-20-14(11-24-17)8-16(21)19-9-15-5-2-6-22-15/h1-7,11H,8-10H2,(H,19,21). The third kappa shape index (κ3) is 5.34. The molecule has 0 saturated heterocycles. The molecule has 124 valence electrons. The van der Waals surface area contributed by atoms with E-state index in [-0.39, 0.29) is 5.91 Å². The van der Waals surface area contributed by atoms with Gasteiger partial charge in [-0.05, 0) is 29.1 Å². The average Bonchev–Trinajstić information content (AvgIpc) is 3.23. The van der Waals surface area contributed by atoms with Gasteiger partial charge in [-0.1, -0.05) is 41.6 Å². The zero-order chi connectivity index (χ0) is 16.8. The van der Waals surface area contributed by atoms with Gasteiger partial charge in [-0.15, -0.1) is 22.7 Å². The summed E-state index contributed by atoms with van der Waals surface area (Å²) in [5.41, 5.74) is 1.98. The number of halogens is 1. The van der Waals surface area contributed by atoms with E-state index in [1.165, 1.54) is 0 Å². The van der Waals surface area contributed by atoms with Gasteiger partial charge in [0.25, 0.3) is 0 Å². The van der Waals surface area contributed by atoms with Crippen LogP contribution in [0.2, 0.25) is 5.02 Å². The molecule has 0 aliphatic heterocycles. The Morgan fingerprint density at radius 1 is 1.25 bits per heavy atom. The first-order valence-electron chi connectivity index (χ1n) is 7.30. The molecular formula is C17H15ClN2OS3. The fourth-order valence-electron chi connectivity index (χ4n) is 2.03. The molecule has 24 heavy (non-hydrogen) atoms. The van der Waals surface area contributed by atoms with Gasteiger partial charge in [0.2, 0.25) is 5.91 Å². The minimum Gasteiger partial charge on any atom is -0.351 e. The first-order valence-corrected chi connectivity index (χ1v) is 10.4. The number of hydrogen-bond acceptors (Lipinski definition) is 5. The topological polar surface area (TPSA) is 42.0 Å². The smallest absolute Gasteiger partial charge is 0.226 e. The van der Waals surface area contributed by atoms with Crippen molar-refractivity contribution in [3.8, 4) is 0 Å². The largest absolute Gasteiger partial charge is 0.351 e. The molecule has 0 spiro atoms. The fraction of sp³-hybridized carbons (Fsp3) is 0.176. The highest BCUT2D eigenvalue weighted by atomic mass is 35.5. The molecule has 0 unspecified atom stereocenters. The predicted octanol–water partition coefficient (Wildman–Crippen LogP) is 5.01. The molecule has 0 radical (unpaired) electrons. The number of thiazole rings is 1. The number of amides is 1. The second-order valence-electron chi connectivity index (χ2n) is 5.06. The van der Waals surface area contributed by atoms with Gasteiger partial charge < -0.3 is 5.32 Å². The summed E-state index contributed by atoms with van der Waals surface area (Å²) in [4.78, 5) is 17.6. The van der Waals surface area contributed by atoms with E-state index in [0.29, 0.717) is 13.0 Å². The van der Waals surface area contributed by atoms with E-state index in [2.05, 4.69) is 10.3 Å². The predicted molar refractivity (Wildman–Crippen MR) is 103 cm³/mol. The highest BCUT2D eigenvalue weighted by Gasteiger charge is 2.08. The minimum absolute atomic E-state index is 0.0000844. The van der Waals surface area contributed by atoms with Crippen molar-refractivity contribution >= 4 is 51.9 Å². The van der Waals surface area contributed by atoms with Gasteiger partial charge in [-0.25, -0.2) is 4.98 Å². The summed E-state index contributed by atoms with van der Waals surface area (Å²) in [5.74, 6) is 0.818. The van der Waals surface area contributed by atoms with Crippen LogP contribution in [0.25, 0.3) is 0 Å². The van der Waals surface area contributed by atoms with Gasteiger partial charge in [-0.2, -0.15) is 0 Å². The molecule has 1 aromatic carbocycles. The maximum Gasteiger partial charge on any atom is 0.226 e. The van der Waals surface area contributed by atoms with Crippen LogP contribution in [0.1, 0.15) is 16.1 Å². The number of benzene rings is 1. The van der Waals surface area contributed by atoms with Crippen molar-refractivity contribution in [2.75, 3.05) is 0 Å². The summed E-state index contributed by atoms with van der Waals surface area (Å²) in [6.45, 7) is 0.580. The van der Waals surface area contributed by atoms with Gasteiger partial charge in [0.1, 0.15) is 4.34 Å². The first kappa shape index (κ1) is 17.5. The van der Waals surface area contributed by atoms with Gasteiger partial charge in [0, 0.05) is 21.0 Å². The van der Waals surface area contributed by atoms with Crippen LogP contribution >= 0.6 is 46.0 Å². The van der Waals surface area contributed by atoms with Gasteiger partial charge in [-0.3, -0.25) is 4.79 Å². The van der Waals surface area contributed by atoms with Gasteiger partial charge in [0.15, 0.2) is 0 Å². The lowest BCUT2D eigenvalue weighted by Gasteiger charge is -2.01.